The Morgan fingerprint density at radius 2 is 2.00 bits per heavy atom. The van der Waals surface area contributed by atoms with Crippen molar-refractivity contribution in [3.05, 3.63) is 0 Å². The van der Waals surface area contributed by atoms with Gasteiger partial charge in [-0.1, -0.05) is 19.3 Å². The van der Waals surface area contributed by atoms with Gasteiger partial charge in [-0.15, -0.1) is 0 Å². The highest BCUT2D eigenvalue weighted by Gasteiger charge is 2.43. The third-order valence-corrected chi connectivity index (χ3v) is 3.96. The van der Waals surface area contributed by atoms with Crippen LogP contribution in [0.5, 0.6) is 0 Å². The molecule has 2 aliphatic carbocycles. The molecule has 0 bridgehead atoms. The second-order valence-corrected chi connectivity index (χ2v) is 5.17. The minimum Gasteiger partial charge on any atom is -0.481 e. The molecule has 1 N–H and O–H groups in total. The molecule has 0 radical (unpaired) electrons. The van der Waals surface area contributed by atoms with E-state index in [1.807, 2.05) is 0 Å². The van der Waals surface area contributed by atoms with E-state index in [4.69, 9.17) is 5.11 Å². The molecule has 0 aromatic rings. The predicted octanol–water partition coefficient (Wildman–Crippen LogP) is 1.97. The van der Waals surface area contributed by atoms with Crippen LogP contribution in [0.1, 0.15) is 38.5 Å². The van der Waals surface area contributed by atoms with Crippen molar-refractivity contribution in [2.45, 2.75) is 44.6 Å². The van der Waals surface area contributed by atoms with Gasteiger partial charge in [0.2, 0.25) is 0 Å². The molecule has 2 fully saturated rings. The van der Waals surface area contributed by atoms with Gasteiger partial charge in [0, 0.05) is 12.6 Å². The number of carbonyl (C=O) groups is 1. The van der Waals surface area contributed by atoms with Crippen LogP contribution in [0, 0.1) is 11.8 Å². The van der Waals surface area contributed by atoms with Crippen LogP contribution in [-0.2, 0) is 4.79 Å². The highest BCUT2D eigenvalue weighted by Crippen LogP contribution is 2.39. The van der Waals surface area contributed by atoms with Gasteiger partial charge in [0.05, 0.1) is 5.92 Å². The van der Waals surface area contributed by atoms with Crippen molar-refractivity contribution >= 4 is 5.97 Å². The monoisotopic (exact) mass is 211 g/mol. The first-order valence-corrected chi connectivity index (χ1v) is 6.11. The molecular formula is C12H21NO2. The van der Waals surface area contributed by atoms with Crippen molar-refractivity contribution in [2.75, 3.05) is 13.6 Å². The number of carboxylic acid groups (broad SMARTS) is 1. The maximum absolute atomic E-state index is 10.7. The molecule has 0 aliphatic heterocycles. The van der Waals surface area contributed by atoms with Crippen molar-refractivity contribution in [3.63, 3.8) is 0 Å². The molecule has 3 heteroatoms. The van der Waals surface area contributed by atoms with Gasteiger partial charge in [-0.05, 0) is 32.2 Å². The molecule has 86 valence electrons. The molecule has 2 rings (SSSR count). The molecule has 0 saturated heterocycles. The number of carboxylic acids is 1. The van der Waals surface area contributed by atoms with E-state index in [-0.39, 0.29) is 5.92 Å². The molecule has 3 nitrogen and oxygen atoms in total. The largest absolute Gasteiger partial charge is 0.481 e. The predicted molar refractivity (Wildman–Crippen MR) is 58.7 cm³/mol. The van der Waals surface area contributed by atoms with Gasteiger partial charge in [0.1, 0.15) is 0 Å². The molecule has 2 atom stereocenters. The summed E-state index contributed by atoms with van der Waals surface area (Å²) < 4.78 is 0. The van der Waals surface area contributed by atoms with Crippen molar-refractivity contribution in [2.24, 2.45) is 11.8 Å². The van der Waals surface area contributed by atoms with Crippen LogP contribution in [0.15, 0.2) is 0 Å². The van der Waals surface area contributed by atoms with Gasteiger partial charge in [-0.3, -0.25) is 4.79 Å². The molecule has 0 amide bonds. The molecule has 2 saturated carbocycles. The van der Waals surface area contributed by atoms with Gasteiger partial charge in [0.25, 0.3) is 0 Å². The molecule has 0 aromatic heterocycles. The molecular weight excluding hydrogens is 190 g/mol. The number of hydrogen-bond acceptors (Lipinski definition) is 2. The van der Waals surface area contributed by atoms with Crippen LogP contribution in [0.2, 0.25) is 0 Å². The second kappa shape index (κ2) is 4.52. The van der Waals surface area contributed by atoms with E-state index in [1.165, 1.54) is 32.1 Å². The summed E-state index contributed by atoms with van der Waals surface area (Å²) >= 11 is 0. The highest BCUT2D eigenvalue weighted by molar-refractivity contribution is 5.73. The lowest BCUT2D eigenvalue weighted by molar-refractivity contribution is -0.138. The zero-order valence-corrected chi connectivity index (χ0v) is 9.48. The number of nitrogens with zero attached hydrogens (tertiary/aromatic N) is 1. The maximum Gasteiger partial charge on any atom is 0.306 e. The third kappa shape index (κ3) is 2.71. The van der Waals surface area contributed by atoms with Crippen LogP contribution >= 0.6 is 0 Å². The zero-order chi connectivity index (χ0) is 10.8. The van der Waals surface area contributed by atoms with E-state index in [0.717, 1.165) is 13.0 Å². The van der Waals surface area contributed by atoms with Gasteiger partial charge in [-0.2, -0.15) is 0 Å². The number of rotatable bonds is 4. The van der Waals surface area contributed by atoms with E-state index < -0.39 is 5.97 Å². The number of hydrogen-bond donors (Lipinski definition) is 1. The first kappa shape index (κ1) is 10.9. The molecule has 0 aromatic carbocycles. The normalized spacial score (nSPS) is 31.9. The fraction of sp³-hybridized carbons (Fsp3) is 0.917. The Balaban J connectivity index is 1.73. The van der Waals surface area contributed by atoms with E-state index in [0.29, 0.717) is 12.0 Å². The van der Waals surface area contributed by atoms with Crippen LogP contribution in [0.25, 0.3) is 0 Å². The summed E-state index contributed by atoms with van der Waals surface area (Å²) in [4.78, 5) is 13.1. The van der Waals surface area contributed by atoms with Gasteiger partial charge >= 0.3 is 5.97 Å². The summed E-state index contributed by atoms with van der Waals surface area (Å²) in [5, 5.41) is 8.83. The van der Waals surface area contributed by atoms with Crippen molar-refractivity contribution < 1.29 is 9.90 Å². The minimum absolute atomic E-state index is 0.0453. The van der Waals surface area contributed by atoms with Crippen LogP contribution < -0.4 is 0 Å². The molecule has 0 spiro atoms. The Bertz CT molecular complexity index is 236. The van der Waals surface area contributed by atoms with E-state index in [2.05, 4.69) is 11.9 Å². The fourth-order valence-electron chi connectivity index (χ4n) is 2.79. The Morgan fingerprint density at radius 1 is 1.33 bits per heavy atom. The lowest BCUT2D eigenvalue weighted by atomic mass is 9.94. The summed E-state index contributed by atoms with van der Waals surface area (Å²) in [7, 11) is 2.16. The summed E-state index contributed by atoms with van der Waals surface area (Å²) in [5.41, 5.74) is 0. The lowest BCUT2D eigenvalue weighted by Crippen LogP contribution is -2.35. The van der Waals surface area contributed by atoms with Crippen molar-refractivity contribution in [3.8, 4) is 0 Å². The average Bonchev–Trinajstić information content (AvgIpc) is 2.98. The maximum atomic E-state index is 10.7. The van der Waals surface area contributed by atoms with Crippen molar-refractivity contribution in [1.29, 1.82) is 0 Å². The summed E-state index contributed by atoms with van der Waals surface area (Å²) in [6.07, 6.45) is 7.59. The summed E-state index contributed by atoms with van der Waals surface area (Å²) in [6.45, 7) is 0.988. The Morgan fingerprint density at radius 3 is 2.53 bits per heavy atom. The quantitative estimate of drug-likeness (QED) is 0.773. The van der Waals surface area contributed by atoms with E-state index in [9.17, 15) is 4.79 Å². The molecule has 15 heavy (non-hydrogen) atoms. The SMILES string of the molecule is CN(CC1CC1C(=O)O)C1CCCCC1. The van der Waals surface area contributed by atoms with Gasteiger partial charge in [0.15, 0.2) is 0 Å². The summed E-state index contributed by atoms with van der Waals surface area (Å²) in [6, 6.07) is 0.716. The lowest BCUT2D eigenvalue weighted by Gasteiger charge is -2.31. The number of aliphatic carboxylic acids is 1. The molecule has 2 aliphatic rings. The van der Waals surface area contributed by atoms with Crippen LogP contribution in [0.3, 0.4) is 0 Å². The summed E-state index contributed by atoms with van der Waals surface area (Å²) in [5.74, 6) is -0.220. The van der Waals surface area contributed by atoms with Crippen molar-refractivity contribution in [1.82, 2.24) is 4.90 Å². The Hall–Kier alpha value is -0.570. The average molecular weight is 211 g/mol. The standard InChI is InChI=1S/C12H21NO2/c1-13(10-5-3-2-4-6-10)8-9-7-11(9)12(14)15/h9-11H,2-8H2,1H3,(H,14,15). The van der Waals surface area contributed by atoms with Gasteiger partial charge < -0.3 is 10.0 Å². The smallest absolute Gasteiger partial charge is 0.306 e. The van der Waals surface area contributed by atoms with E-state index >= 15 is 0 Å². The van der Waals surface area contributed by atoms with Crippen LogP contribution in [0.4, 0.5) is 0 Å². The highest BCUT2D eigenvalue weighted by atomic mass is 16.4. The minimum atomic E-state index is -0.600. The fourth-order valence-corrected chi connectivity index (χ4v) is 2.79. The third-order valence-electron chi connectivity index (χ3n) is 3.96. The topological polar surface area (TPSA) is 40.5 Å². The molecule has 2 unspecified atom stereocenters. The Labute approximate surface area is 91.5 Å². The first-order valence-electron chi connectivity index (χ1n) is 6.11. The second-order valence-electron chi connectivity index (χ2n) is 5.17. The Kier molecular flexibility index (Phi) is 3.29. The van der Waals surface area contributed by atoms with Gasteiger partial charge in [-0.25, -0.2) is 0 Å². The zero-order valence-electron chi connectivity index (χ0n) is 9.48. The first-order chi connectivity index (χ1) is 7.18. The molecule has 0 heterocycles. The van der Waals surface area contributed by atoms with E-state index in [1.54, 1.807) is 0 Å². The van der Waals surface area contributed by atoms with Crippen LogP contribution in [-0.4, -0.2) is 35.6 Å².